The highest BCUT2D eigenvalue weighted by molar-refractivity contribution is 6.55. The van der Waals surface area contributed by atoms with Gasteiger partial charge in [-0.25, -0.2) is 0 Å². The summed E-state index contributed by atoms with van der Waals surface area (Å²) >= 11 is 11.4. The standard InChI is InChI=1S/C17H17Cl2NO6/c1-2-26-16(22)15-10(6-14(18)19)8-17(23,9-13(15)21)11-4-3-5-12(7-11)20(24)25/h3-7,10,15,23H,2,8-9H2,1H3/t10-,15-,17-/m1/s1. The van der Waals surface area contributed by atoms with Crippen LogP contribution in [0.3, 0.4) is 0 Å². The van der Waals surface area contributed by atoms with Crippen molar-refractivity contribution in [3.05, 3.63) is 50.5 Å². The van der Waals surface area contributed by atoms with Gasteiger partial charge in [-0.05, 0) is 25.0 Å². The minimum atomic E-state index is -1.68. The number of halogens is 2. The molecule has 3 atom stereocenters. The van der Waals surface area contributed by atoms with E-state index in [0.717, 1.165) is 0 Å². The lowest BCUT2D eigenvalue weighted by atomic mass is 9.68. The van der Waals surface area contributed by atoms with Crippen molar-refractivity contribution in [2.75, 3.05) is 6.61 Å². The minimum absolute atomic E-state index is 0.0632. The van der Waals surface area contributed by atoms with Crippen LogP contribution in [0.2, 0.25) is 0 Å². The number of hydrogen-bond donors (Lipinski definition) is 1. The highest BCUT2D eigenvalue weighted by atomic mass is 35.5. The third-order valence-corrected chi connectivity index (χ3v) is 4.54. The molecule has 0 aliphatic heterocycles. The number of hydrogen-bond acceptors (Lipinski definition) is 6. The van der Waals surface area contributed by atoms with E-state index in [-0.39, 0.29) is 35.2 Å². The monoisotopic (exact) mass is 401 g/mol. The number of carbonyl (C=O) groups is 2. The van der Waals surface area contributed by atoms with Gasteiger partial charge in [-0.1, -0.05) is 35.3 Å². The van der Waals surface area contributed by atoms with Gasteiger partial charge in [0.2, 0.25) is 0 Å². The van der Waals surface area contributed by atoms with Crippen molar-refractivity contribution in [2.24, 2.45) is 11.8 Å². The number of nitro groups is 1. The van der Waals surface area contributed by atoms with E-state index in [0.29, 0.717) is 0 Å². The number of aliphatic hydroxyl groups is 1. The van der Waals surface area contributed by atoms with Crippen LogP contribution in [0.1, 0.15) is 25.3 Å². The van der Waals surface area contributed by atoms with E-state index in [1.807, 2.05) is 0 Å². The average molecular weight is 402 g/mol. The smallest absolute Gasteiger partial charge is 0.317 e. The normalized spacial score (nSPS) is 25.5. The van der Waals surface area contributed by atoms with Crippen LogP contribution in [0.5, 0.6) is 0 Å². The molecule has 0 saturated heterocycles. The number of nitrogens with zero attached hydrogens (tertiary/aromatic N) is 1. The molecule has 1 aliphatic rings. The van der Waals surface area contributed by atoms with E-state index < -0.39 is 34.1 Å². The first-order chi connectivity index (χ1) is 12.2. The van der Waals surface area contributed by atoms with Gasteiger partial charge in [0.25, 0.3) is 5.69 Å². The molecular formula is C17H17Cl2NO6. The molecule has 9 heteroatoms. The number of non-ortho nitro benzene ring substituents is 1. The highest BCUT2D eigenvalue weighted by Gasteiger charge is 2.48. The van der Waals surface area contributed by atoms with Crippen LogP contribution < -0.4 is 0 Å². The Morgan fingerprint density at radius 2 is 2.19 bits per heavy atom. The van der Waals surface area contributed by atoms with E-state index >= 15 is 0 Å². The maximum Gasteiger partial charge on any atom is 0.317 e. The number of ketones is 1. The van der Waals surface area contributed by atoms with Crippen LogP contribution >= 0.6 is 23.2 Å². The molecule has 0 amide bonds. The topological polar surface area (TPSA) is 107 Å². The molecule has 26 heavy (non-hydrogen) atoms. The molecule has 0 spiro atoms. The van der Waals surface area contributed by atoms with Crippen LogP contribution in [-0.2, 0) is 19.9 Å². The number of benzene rings is 1. The zero-order chi connectivity index (χ0) is 19.5. The molecule has 0 aromatic heterocycles. The van der Waals surface area contributed by atoms with Gasteiger partial charge in [0.05, 0.1) is 17.1 Å². The second kappa shape index (κ2) is 8.16. The van der Waals surface area contributed by atoms with Gasteiger partial charge in [-0.15, -0.1) is 0 Å². The van der Waals surface area contributed by atoms with Crippen molar-refractivity contribution < 1.29 is 24.4 Å². The molecule has 7 nitrogen and oxygen atoms in total. The van der Waals surface area contributed by atoms with Gasteiger partial charge >= 0.3 is 5.97 Å². The summed E-state index contributed by atoms with van der Waals surface area (Å²) in [6, 6.07) is 5.41. The van der Waals surface area contributed by atoms with Crippen LogP contribution in [0, 0.1) is 22.0 Å². The number of esters is 1. The number of Topliss-reactive ketones (excluding diaryl/α,β-unsaturated/α-hetero) is 1. The number of allylic oxidation sites excluding steroid dienone is 1. The Kier molecular flexibility index (Phi) is 6.39. The second-order valence-corrected chi connectivity index (χ2v) is 7.04. The highest BCUT2D eigenvalue weighted by Crippen LogP contribution is 2.43. The fraction of sp³-hybridized carbons (Fsp3) is 0.412. The Morgan fingerprint density at radius 3 is 2.77 bits per heavy atom. The zero-order valence-electron chi connectivity index (χ0n) is 13.9. The number of rotatable bonds is 5. The Hall–Kier alpha value is -1.96. The van der Waals surface area contributed by atoms with E-state index in [9.17, 15) is 24.8 Å². The molecule has 0 bridgehead atoms. The SMILES string of the molecule is CCOC(=O)[C@H]1C(=O)C[C@@](O)(c2cccc([N+](=O)[O-])c2)C[C@H]1C=C(Cl)Cl. The Labute approximate surface area is 159 Å². The molecule has 1 aromatic rings. The van der Waals surface area contributed by atoms with Crippen molar-refractivity contribution in [3.63, 3.8) is 0 Å². The van der Waals surface area contributed by atoms with Gasteiger partial charge in [0.15, 0.2) is 5.78 Å². The Morgan fingerprint density at radius 1 is 1.50 bits per heavy atom. The minimum Gasteiger partial charge on any atom is -0.465 e. The lowest BCUT2D eigenvalue weighted by molar-refractivity contribution is -0.385. The van der Waals surface area contributed by atoms with E-state index in [4.69, 9.17) is 27.9 Å². The average Bonchev–Trinajstić information content (AvgIpc) is 2.54. The van der Waals surface area contributed by atoms with Crippen molar-refractivity contribution in [2.45, 2.75) is 25.4 Å². The molecule has 0 radical (unpaired) electrons. The Bertz CT molecular complexity index is 761. The second-order valence-electron chi connectivity index (χ2n) is 6.04. The number of nitro benzene ring substituents is 1. The molecule has 1 aromatic carbocycles. The summed E-state index contributed by atoms with van der Waals surface area (Å²) in [4.78, 5) is 35.1. The van der Waals surface area contributed by atoms with Gasteiger partial charge < -0.3 is 9.84 Å². The van der Waals surface area contributed by atoms with Crippen molar-refractivity contribution in [1.29, 1.82) is 0 Å². The fourth-order valence-corrected chi connectivity index (χ4v) is 3.52. The molecule has 1 aliphatic carbocycles. The zero-order valence-corrected chi connectivity index (χ0v) is 15.4. The first-order valence-corrected chi connectivity index (χ1v) is 8.63. The number of ether oxygens (including phenoxy) is 1. The Balaban J connectivity index is 2.43. The first kappa shape index (κ1) is 20.4. The fourth-order valence-electron chi connectivity index (χ4n) is 3.20. The maximum atomic E-state index is 12.6. The summed E-state index contributed by atoms with van der Waals surface area (Å²) in [5.41, 5.74) is -1.68. The van der Waals surface area contributed by atoms with Crippen molar-refractivity contribution in [3.8, 4) is 0 Å². The van der Waals surface area contributed by atoms with Crippen LogP contribution in [0.25, 0.3) is 0 Å². The molecule has 0 unspecified atom stereocenters. The quantitative estimate of drug-likeness (QED) is 0.351. The van der Waals surface area contributed by atoms with Gasteiger partial charge in [0, 0.05) is 24.5 Å². The van der Waals surface area contributed by atoms with Crippen LogP contribution in [-0.4, -0.2) is 28.4 Å². The van der Waals surface area contributed by atoms with E-state index in [2.05, 4.69) is 0 Å². The summed E-state index contributed by atoms with van der Waals surface area (Å²) in [7, 11) is 0. The molecule has 1 saturated carbocycles. The summed E-state index contributed by atoms with van der Waals surface area (Å²) in [5.74, 6) is -3.19. The maximum absolute atomic E-state index is 12.6. The van der Waals surface area contributed by atoms with E-state index in [1.165, 1.54) is 30.3 Å². The molecule has 0 heterocycles. The summed E-state index contributed by atoms with van der Waals surface area (Å²) in [6.07, 6.45) is 0.873. The van der Waals surface area contributed by atoms with Crippen molar-refractivity contribution in [1.82, 2.24) is 0 Å². The molecule has 2 rings (SSSR count). The molecule has 1 fully saturated rings. The predicted octanol–water partition coefficient (Wildman–Crippen LogP) is 3.26. The van der Waals surface area contributed by atoms with Crippen LogP contribution in [0.15, 0.2) is 34.8 Å². The summed E-state index contributed by atoms with van der Waals surface area (Å²) in [6.45, 7) is 1.72. The van der Waals surface area contributed by atoms with Gasteiger partial charge in [-0.2, -0.15) is 0 Å². The molecule has 1 N–H and O–H groups in total. The molecule has 140 valence electrons. The van der Waals surface area contributed by atoms with Crippen LogP contribution in [0.4, 0.5) is 5.69 Å². The first-order valence-electron chi connectivity index (χ1n) is 7.87. The van der Waals surface area contributed by atoms with Gasteiger partial charge in [-0.3, -0.25) is 19.7 Å². The summed E-state index contributed by atoms with van der Waals surface area (Å²) < 4.78 is 4.79. The lowest BCUT2D eigenvalue weighted by Crippen LogP contribution is -2.45. The number of carbonyl (C=O) groups excluding carboxylic acids is 2. The third-order valence-electron chi connectivity index (χ3n) is 4.29. The predicted molar refractivity (Wildman–Crippen MR) is 94.6 cm³/mol. The van der Waals surface area contributed by atoms with E-state index in [1.54, 1.807) is 6.92 Å². The largest absolute Gasteiger partial charge is 0.465 e. The van der Waals surface area contributed by atoms with Gasteiger partial charge in [0.1, 0.15) is 10.4 Å². The third kappa shape index (κ3) is 4.41. The summed E-state index contributed by atoms with van der Waals surface area (Å²) in [5, 5.41) is 22.0. The molecular weight excluding hydrogens is 385 g/mol. The van der Waals surface area contributed by atoms with Crippen molar-refractivity contribution >= 4 is 40.6 Å². The lowest BCUT2D eigenvalue weighted by Gasteiger charge is -2.38.